The van der Waals surface area contributed by atoms with Gasteiger partial charge in [0.15, 0.2) is 5.78 Å². The minimum absolute atomic E-state index is 0.287. The van der Waals surface area contributed by atoms with E-state index in [0.717, 1.165) is 30.6 Å². The van der Waals surface area contributed by atoms with Crippen LogP contribution in [-0.4, -0.2) is 12.9 Å². The topological polar surface area (TPSA) is 26.3 Å². The van der Waals surface area contributed by atoms with Gasteiger partial charge in [-0.2, -0.15) is 0 Å². The molecule has 0 spiro atoms. The maximum absolute atomic E-state index is 12.3. The number of allylic oxidation sites excluding steroid dienone is 3. The highest BCUT2D eigenvalue weighted by molar-refractivity contribution is 6.03. The van der Waals surface area contributed by atoms with Gasteiger partial charge in [0.05, 0.1) is 12.5 Å². The molecular weight excluding hydrogens is 200 g/mol. The van der Waals surface area contributed by atoms with Crippen molar-refractivity contribution >= 4 is 5.78 Å². The van der Waals surface area contributed by atoms with E-state index in [4.69, 9.17) is 4.74 Å². The summed E-state index contributed by atoms with van der Waals surface area (Å²) in [6.45, 7) is 6.17. The standard InChI is InChI=1S/C14H20O2/c1-9-6-5-7-14(3)12(9)11(16-4)8-10(2)13(14)15/h8-9H,5-7H2,1-4H3/t9-,14-/m1/s1. The number of ether oxygens (including phenoxy) is 1. The van der Waals surface area contributed by atoms with Crippen LogP contribution in [0.4, 0.5) is 0 Å². The van der Waals surface area contributed by atoms with Crippen LogP contribution in [0.1, 0.15) is 40.0 Å². The molecule has 0 heterocycles. The monoisotopic (exact) mass is 220 g/mol. The second kappa shape index (κ2) is 3.76. The van der Waals surface area contributed by atoms with Gasteiger partial charge < -0.3 is 4.74 Å². The first-order chi connectivity index (χ1) is 7.50. The average molecular weight is 220 g/mol. The van der Waals surface area contributed by atoms with Crippen molar-refractivity contribution in [3.8, 4) is 0 Å². The zero-order valence-electron chi connectivity index (χ0n) is 10.6. The summed E-state index contributed by atoms with van der Waals surface area (Å²) in [6, 6.07) is 0. The van der Waals surface area contributed by atoms with Crippen molar-refractivity contribution in [2.75, 3.05) is 7.11 Å². The second-order valence-electron chi connectivity index (χ2n) is 5.26. The Kier molecular flexibility index (Phi) is 2.69. The van der Waals surface area contributed by atoms with Crippen molar-refractivity contribution in [1.82, 2.24) is 0 Å². The van der Waals surface area contributed by atoms with Crippen LogP contribution >= 0.6 is 0 Å². The van der Waals surface area contributed by atoms with Crippen LogP contribution in [0.15, 0.2) is 23.0 Å². The van der Waals surface area contributed by atoms with Crippen molar-refractivity contribution in [3.05, 3.63) is 23.0 Å². The molecular formula is C14H20O2. The van der Waals surface area contributed by atoms with Crippen molar-refractivity contribution < 1.29 is 9.53 Å². The van der Waals surface area contributed by atoms with Gasteiger partial charge in [-0.1, -0.05) is 13.3 Å². The lowest BCUT2D eigenvalue weighted by Crippen LogP contribution is -2.39. The number of rotatable bonds is 1. The third kappa shape index (κ3) is 1.43. The molecule has 1 fully saturated rings. The minimum atomic E-state index is -0.304. The summed E-state index contributed by atoms with van der Waals surface area (Å²) in [5.74, 6) is 1.67. The maximum atomic E-state index is 12.3. The number of hydrogen-bond acceptors (Lipinski definition) is 2. The van der Waals surface area contributed by atoms with E-state index in [0.29, 0.717) is 5.92 Å². The molecule has 0 aromatic heterocycles. The van der Waals surface area contributed by atoms with Crippen molar-refractivity contribution in [1.29, 1.82) is 0 Å². The van der Waals surface area contributed by atoms with Crippen LogP contribution in [0.3, 0.4) is 0 Å². The Bertz CT molecular complexity index is 390. The number of ketones is 1. The fourth-order valence-electron chi connectivity index (χ4n) is 3.28. The smallest absolute Gasteiger partial charge is 0.168 e. The molecule has 88 valence electrons. The largest absolute Gasteiger partial charge is 0.497 e. The molecule has 0 unspecified atom stereocenters. The Morgan fingerprint density at radius 3 is 2.81 bits per heavy atom. The van der Waals surface area contributed by atoms with Gasteiger partial charge in [0.1, 0.15) is 5.76 Å². The molecule has 2 aliphatic carbocycles. The Morgan fingerprint density at radius 1 is 1.50 bits per heavy atom. The Labute approximate surface area is 97.4 Å². The van der Waals surface area contributed by atoms with Crippen LogP contribution in [0, 0.1) is 11.3 Å². The van der Waals surface area contributed by atoms with Gasteiger partial charge in [-0.15, -0.1) is 0 Å². The number of hydrogen-bond donors (Lipinski definition) is 0. The fraction of sp³-hybridized carbons (Fsp3) is 0.643. The third-order valence-corrected chi connectivity index (χ3v) is 4.09. The minimum Gasteiger partial charge on any atom is -0.497 e. The van der Waals surface area contributed by atoms with E-state index in [-0.39, 0.29) is 11.2 Å². The van der Waals surface area contributed by atoms with Crippen LogP contribution in [-0.2, 0) is 9.53 Å². The predicted molar refractivity (Wildman–Crippen MR) is 63.9 cm³/mol. The molecule has 2 atom stereocenters. The lowest BCUT2D eigenvalue weighted by atomic mass is 9.61. The summed E-state index contributed by atoms with van der Waals surface area (Å²) in [7, 11) is 1.70. The molecule has 2 aliphatic rings. The lowest BCUT2D eigenvalue weighted by Gasteiger charge is -2.42. The normalized spacial score (nSPS) is 34.6. The Morgan fingerprint density at radius 2 is 2.19 bits per heavy atom. The zero-order chi connectivity index (χ0) is 11.9. The van der Waals surface area contributed by atoms with E-state index in [2.05, 4.69) is 13.8 Å². The van der Waals surface area contributed by atoms with E-state index in [1.165, 1.54) is 5.57 Å². The summed E-state index contributed by atoms with van der Waals surface area (Å²) in [5, 5.41) is 0. The summed E-state index contributed by atoms with van der Waals surface area (Å²) in [5.41, 5.74) is 1.75. The van der Waals surface area contributed by atoms with E-state index in [1.807, 2.05) is 13.0 Å². The van der Waals surface area contributed by atoms with Crippen LogP contribution in [0.5, 0.6) is 0 Å². The van der Waals surface area contributed by atoms with Crippen molar-refractivity contribution in [3.63, 3.8) is 0 Å². The Balaban J connectivity index is 2.59. The highest BCUT2D eigenvalue weighted by Gasteiger charge is 2.45. The van der Waals surface area contributed by atoms with Crippen LogP contribution in [0.25, 0.3) is 0 Å². The first-order valence-electron chi connectivity index (χ1n) is 6.02. The molecule has 0 N–H and O–H groups in total. The zero-order valence-corrected chi connectivity index (χ0v) is 10.6. The number of methoxy groups -OCH3 is 1. The van der Waals surface area contributed by atoms with Gasteiger partial charge in [-0.25, -0.2) is 0 Å². The van der Waals surface area contributed by atoms with E-state index >= 15 is 0 Å². The molecule has 0 aliphatic heterocycles. The molecule has 2 rings (SSSR count). The molecule has 0 aromatic carbocycles. The maximum Gasteiger partial charge on any atom is 0.168 e. The number of fused-ring (bicyclic) bond motifs is 1. The van der Waals surface area contributed by atoms with Gasteiger partial charge in [0.25, 0.3) is 0 Å². The van der Waals surface area contributed by atoms with Gasteiger partial charge >= 0.3 is 0 Å². The molecule has 0 saturated heterocycles. The number of Topliss-reactive ketones (excluding diaryl/α,β-unsaturated/α-hetero) is 1. The molecule has 2 heteroatoms. The van der Waals surface area contributed by atoms with Crippen molar-refractivity contribution in [2.45, 2.75) is 40.0 Å². The summed E-state index contributed by atoms with van der Waals surface area (Å²) in [6.07, 6.45) is 5.17. The van der Waals surface area contributed by atoms with Crippen LogP contribution in [0.2, 0.25) is 0 Å². The fourth-order valence-corrected chi connectivity index (χ4v) is 3.28. The van der Waals surface area contributed by atoms with Gasteiger partial charge in [-0.05, 0) is 49.8 Å². The van der Waals surface area contributed by atoms with E-state index < -0.39 is 0 Å². The average Bonchev–Trinajstić information content (AvgIpc) is 2.24. The number of carbonyl (C=O) groups is 1. The molecule has 0 amide bonds. The Hall–Kier alpha value is -1.05. The molecule has 2 nitrogen and oxygen atoms in total. The summed E-state index contributed by atoms with van der Waals surface area (Å²) < 4.78 is 5.47. The van der Waals surface area contributed by atoms with Crippen LogP contribution < -0.4 is 0 Å². The quantitative estimate of drug-likeness (QED) is 0.678. The summed E-state index contributed by atoms with van der Waals surface area (Å²) >= 11 is 0. The predicted octanol–water partition coefficient (Wildman–Crippen LogP) is 3.24. The third-order valence-electron chi connectivity index (χ3n) is 4.09. The first kappa shape index (κ1) is 11.4. The highest BCUT2D eigenvalue weighted by atomic mass is 16.5. The molecule has 16 heavy (non-hydrogen) atoms. The van der Waals surface area contributed by atoms with E-state index in [9.17, 15) is 4.79 Å². The molecule has 0 radical (unpaired) electrons. The van der Waals surface area contributed by atoms with Gasteiger partial charge in [0, 0.05) is 0 Å². The highest BCUT2D eigenvalue weighted by Crippen LogP contribution is 2.49. The van der Waals surface area contributed by atoms with Gasteiger partial charge in [0.2, 0.25) is 0 Å². The number of carbonyl (C=O) groups excluding carboxylic acids is 1. The first-order valence-corrected chi connectivity index (χ1v) is 6.02. The van der Waals surface area contributed by atoms with Gasteiger partial charge in [-0.3, -0.25) is 4.79 Å². The SMILES string of the molecule is COC1=C2[C@H](C)CCC[C@@]2(C)C(=O)C(C)=C1. The molecule has 0 aromatic rings. The van der Waals surface area contributed by atoms with E-state index in [1.54, 1.807) is 7.11 Å². The summed E-state index contributed by atoms with van der Waals surface area (Å²) in [4.78, 5) is 12.3. The molecule has 0 bridgehead atoms. The molecule has 1 saturated carbocycles. The lowest BCUT2D eigenvalue weighted by molar-refractivity contribution is -0.124. The van der Waals surface area contributed by atoms with Crippen molar-refractivity contribution in [2.24, 2.45) is 11.3 Å². The second-order valence-corrected chi connectivity index (χ2v) is 5.26.